The van der Waals surface area contributed by atoms with Gasteiger partial charge >= 0.3 is 0 Å². The van der Waals surface area contributed by atoms with Gasteiger partial charge < -0.3 is 5.32 Å². The summed E-state index contributed by atoms with van der Waals surface area (Å²) < 4.78 is 51.7. The molecule has 0 spiro atoms. The summed E-state index contributed by atoms with van der Waals surface area (Å²) in [6.45, 7) is 0.661. The Hall–Kier alpha value is -2.76. The molecule has 1 heterocycles. The number of amides is 1. The highest BCUT2D eigenvalue weighted by Crippen LogP contribution is 2.22. The smallest absolute Gasteiger partial charge is 0.263 e. The summed E-state index contributed by atoms with van der Waals surface area (Å²) in [5.74, 6) is -0.0296. The maximum absolute atomic E-state index is 12.2. The van der Waals surface area contributed by atoms with Gasteiger partial charge in [0, 0.05) is 38.3 Å². The lowest BCUT2D eigenvalue weighted by atomic mass is 10.2. The molecule has 30 heavy (non-hydrogen) atoms. The van der Waals surface area contributed by atoms with E-state index in [1.54, 1.807) is 18.2 Å². The predicted octanol–water partition coefficient (Wildman–Crippen LogP) is 0.796. The van der Waals surface area contributed by atoms with Crippen LogP contribution in [-0.2, 0) is 20.0 Å². The normalized spacial score (nSPS) is 16.3. The van der Waals surface area contributed by atoms with E-state index in [9.17, 15) is 21.6 Å². The number of nitrogens with one attached hydrogen (secondary N) is 2. The van der Waals surface area contributed by atoms with Crippen molar-refractivity contribution in [1.82, 2.24) is 14.3 Å². The van der Waals surface area contributed by atoms with Crippen molar-refractivity contribution in [1.29, 1.82) is 0 Å². The third-order valence-electron chi connectivity index (χ3n) is 4.45. The number of fused-ring (bicyclic) bond motifs is 1. The highest BCUT2D eigenvalue weighted by atomic mass is 32.2. The van der Waals surface area contributed by atoms with Crippen molar-refractivity contribution in [2.75, 3.05) is 27.2 Å². The van der Waals surface area contributed by atoms with E-state index in [4.69, 9.17) is 0 Å². The van der Waals surface area contributed by atoms with Crippen LogP contribution in [0.15, 0.2) is 63.3 Å². The molecule has 1 amide bonds. The van der Waals surface area contributed by atoms with Crippen molar-refractivity contribution in [2.24, 2.45) is 4.99 Å². The minimum absolute atomic E-state index is 0.110. The van der Waals surface area contributed by atoms with Crippen LogP contribution in [0.4, 0.5) is 0 Å². The van der Waals surface area contributed by atoms with Crippen LogP contribution in [0.5, 0.6) is 0 Å². The van der Waals surface area contributed by atoms with Crippen LogP contribution in [0.2, 0.25) is 0 Å². The molecule has 0 saturated carbocycles. The number of aliphatic imine (C=N–C) groups is 1. The molecule has 0 bridgehead atoms. The number of carbonyl (C=O) groups excluding carboxylic acids is 1. The van der Waals surface area contributed by atoms with Gasteiger partial charge in [0.05, 0.1) is 9.79 Å². The molecule has 1 aliphatic rings. The molecule has 0 radical (unpaired) electrons. The van der Waals surface area contributed by atoms with Gasteiger partial charge in [-0.1, -0.05) is 12.1 Å². The minimum atomic E-state index is -3.56. The second kappa shape index (κ2) is 8.54. The van der Waals surface area contributed by atoms with Crippen LogP contribution in [0, 0.1) is 0 Å². The molecule has 0 unspecified atom stereocenters. The summed E-state index contributed by atoms with van der Waals surface area (Å²) >= 11 is 0. The van der Waals surface area contributed by atoms with Crippen molar-refractivity contribution < 1.29 is 21.6 Å². The van der Waals surface area contributed by atoms with Gasteiger partial charge in [-0.05, 0) is 42.8 Å². The predicted molar refractivity (Wildman–Crippen MR) is 112 cm³/mol. The zero-order valence-corrected chi connectivity index (χ0v) is 18.1. The largest absolute Gasteiger partial charge is 0.352 e. The van der Waals surface area contributed by atoms with E-state index in [-0.39, 0.29) is 15.7 Å². The number of sulfonamides is 2. The van der Waals surface area contributed by atoms with Crippen LogP contribution < -0.4 is 10.0 Å². The molecular weight excluding hydrogens is 428 g/mol. The maximum atomic E-state index is 12.2. The minimum Gasteiger partial charge on any atom is -0.352 e. The first-order valence-corrected chi connectivity index (χ1v) is 12.0. The Morgan fingerprint density at radius 1 is 1.10 bits per heavy atom. The van der Waals surface area contributed by atoms with Crippen molar-refractivity contribution >= 4 is 31.8 Å². The van der Waals surface area contributed by atoms with Crippen LogP contribution in [0.1, 0.15) is 22.3 Å². The van der Waals surface area contributed by atoms with Gasteiger partial charge in [-0.15, -0.1) is 0 Å². The number of hydrogen-bond donors (Lipinski definition) is 2. The topological polar surface area (TPSA) is 125 Å². The third-order valence-corrected chi connectivity index (χ3v) is 7.67. The van der Waals surface area contributed by atoms with E-state index in [0.717, 1.165) is 4.31 Å². The molecule has 1 aliphatic heterocycles. The first kappa shape index (κ1) is 21.9. The standard InChI is InChI=1S/C19H22N4O5S2/c1-23(2)30(27,28)15-10-8-14(9-11-15)19(24)21-13-5-12-20-18-16-6-3-4-7-17(16)29(25,26)22-18/h3-4,6-11H,5,12-13H2,1-2H3,(H,20,22)(H,21,24). The molecule has 0 saturated heterocycles. The molecule has 11 heteroatoms. The van der Waals surface area contributed by atoms with Gasteiger partial charge in [-0.25, -0.2) is 21.1 Å². The molecule has 0 aromatic heterocycles. The summed E-state index contributed by atoms with van der Waals surface area (Å²) in [6.07, 6.45) is 0.506. The van der Waals surface area contributed by atoms with Crippen molar-refractivity contribution in [3.05, 3.63) is 59.7 Å². The van der Waals surface area contributed by atoms with Crippen LogP contribution in [0.25, 0.3) is 0 Å². The van der Waals surface area contributed by atoms with E-state index in [2.05, 4.69) is 15.0 Å². The summed E-state index contributed by atoms with van der Waals surface area (Å²) in [4.78, 5) is 16.8. The van der Waals surface area contributed by atoms with Crippen LogP contribution in [0.3, 0.4) is 0 Å². The molecule has 2 aromatic rings. The molecule has 160 valence electrons. The maximum Gasteiger partial charge on any atom is 0.263 e. The zero-order chi connectivity index (χ0) is 21.9. The van der Waals surface area contributed by atoms with Gasteiger partial charge in [-0.2, -0.15) is 0 Å². The van der Waals surface area contributed by atoms with Crippen LogP contribution >= 0.6 is 0 Å². The van der Waals surface area contributed by atoms with E-state index in [1.807, 2.05) is 0 Å². The number of amidine groups is 1. The first-order valence-electron chi connectivity index (χ1n) is 9.10. The van der Waals surface area contributed by atoms with Crippen molar-refractivity contribution in [3.63, 3.8) is 0 Å². The Bertz CT molecular complexity index is 1190. The number of carbonyl (C=O) groups is 1. The summed E-state index contributed by atoms with van der Waals surface area (Å²) in [5, 5.41) is 2.73. The number of nitrogens with zero attached hydrogens (tertiary/aromatic N) is 2. The zero-order valence-electron chi connectivity index (χ0n) is 16.5. The van der Waals surface area contributed by atoms with E-state index >= 15 is 0 Å². The van der Waals surface area contributed by atoms with E-state index < -0.39 is 20.0 Å². The highest BCUT2D eigenvalue weighted by Gasteiger charge is 2.29. The van der Waals surface area contributed by atoms with E-state index in [1.165, 1.54) is 44.4 Å². The summed E-state index contributed by atoms with van der Waals surface area (Å²) in [7, 11) is -4.23. The number of rotatable bonds is 7. The molecule has 0 fully saturated rings. The Morgan fingerprint density at radius 2 is 1.77 bits per heavy atom. The molecule has 2 aromatic carbocycles. The average molecular weight is 451 g/mol. The molecular formula is C19H22N4O5S2. The summed E-state index contributed by atoms with van der Waals surface area (Å²) in [5.41, 5.74) is 0.880. The van der Waals surface area contributed by atoms with Gasteiger partial charge in [0.2, 0.25) is 10.0 Å². The lowest BCUT2D eigenvalue weighted by Crippen LogP contribution is -2.26. The lowest BCUT2D eigenvalue weighted by Gasteiger charge is -2.11. The van der Waals surface area contributed by atoms with Crippen molar-refractivity contribution in [2.45, 2.75) is 16.2 Å². The van der Waals surface area contributed by atoms with Gasteiger partial charge in [-0.3, -0.25) is 14.5 Å². The molecule has 2 N–H and O–H groups in total. The quantitative estimate of drug-likeness (QED) is 0.604. The third kappa shape index (κ3) is 4.53. The Kier molecular flexibility index (Phi) is 6.25. The monoisotopic (exact) mass is 450 g/mol. The Morgan fingerprint density at radius 3 is 2.43 bits per heavy atom. The SMILES string of the molecule is CN(C)S(=O)(=O)c1ccc(C(=O)NCCCN=C2NS(=O)(=O)c3ccccc32)cc1. The molecule has 3 rings (SSSR count). The van der Waals surface area contributed by atoms with Gasteiger partial charge in [0.25, 0.3) is 15.9 Å². The number of benzene rings is 2. The van der Waals surface area contributed by atoms with Gasteiger partial charge in [0.1, 0.15) is 5.84 Å². The number of hydrogen-bond acceptors (Lipinski definition) is 6. The molecule has 9 nitrogen and oxygen atoms in total. The second-order valence-corrected chi connectivity index (χ2v) is 10.6. The highest BCUT2D eigenvalue weighted by molar-refractivity contribution is 7.90. The first-order chi connectivity index (χ1) is 14.1. The van der Waals surface area contributed by atoms with Crippen molar-refractivity contribution in [3.8, 4) is 0 Å². The average Bonchev–Trinajstić information content (AvgIpc) is 2.98. The fourth-order valence-electron chi connectivity index (χ4n) is 2.81. The van der Waals surface area contributed by atoms with E-state index in [0.29, 0.717) is 36.5 Å². The fourth-order valence-corrected chi connectivity index (χ4v) is 4.97. The summed E-state index contributed by atoms with van der Waals surface area (Å²) in [6, 6.07) is 12.3. The Labute approximate surface area is 175 Å². The fraction of sp³-hybridized carbons (Fsp3) is 0.263. The van der Waals surface area contributed by atoms with Crippen LogP contribution in [-0.4, -0.2) is 60.1 Å². The second-order valence-electron chi connectivity index (χ2n) is 6.75. The lowest BCUT2D eigenvalue weighted by molar-refractivity contribution is 0.0953. The molecule has 0 aliphatic carbocycles. The molecule has 0 atom stereocenters. The Balaban J connectivity index is 1.53. The van der Waals surface area contributed by atoms with Gasteiger partial charge in [0.15, 0.2) is 0 Å².